The molecule has 1 aromatic heterocycles. The van der Waals surface area contributed by atoms with E-state index in [0.29, 0.717) is 6.61 Å². The van der Waals surface area contributed by atoms with Crippen LogP contribution in [0.2, 0.25) is 0 Å². The molecule has 0 bridgehead atoms. The number of alkyl halides is 1. The average Bonchev–Trinajstić information content (AvgIpc) is 2.33. The Labute approximate surface area is 120 Å². The number of methoxy groups -OCH3 is 2. The fraction of sp³-hybridized carbons (Fsp3) is 0.643. The van der Waals surface area contributed by atoms with Crippen molar-refractivity contribution in [3.8, 4) is 5.75 Å². The van der Waals surface area contributed by atoms with Crippen molar-refractivity contribution in [1.82, 2.24) is 9.88 Å². The van der Waals surface area contributed by atoms with Gasteiger partial charge in [0.2, 0.25) is 0 Å². The lowest BCUT2D eigenvalue weighted by Crippen LogP contribution is -2.29. The molecule has 4 nitrogen and oxygen atoms in total. The first kappa shape index (κ1) is 16.2. The summed E-state index contributed by atoms with van der Waals surface area (Å²) in [5.74, 6) is 0.915. The Morgan fingerprint density at radius 3 is 2.63 bits per heavy atom. The minimum atomic E-state index is -0.0114. The van der Waals surface area contributed by atoms with Crippen molar-refractivity contribution < 1.29 is 9.47 Å². The molecule has 0 amide bonds. The highest BCUT2D eigenvalue weighted by Gasteiger charge is 2.13. The van der Waals surface area contributed by atoms with Crippen LogP contribution in [0.25, 0.3) is 0 Å². The molecule has 0 saturated heterocycles. The summed E-state index contributed by atoms with van der Waals surface area (Å²) in [7, 11) is 5.38. The largest absolute Gasteiger partial charge is 0.496 e. The SMILES string of the molecule is COCC(Cl)CN(C)Cc1ncc(C)c(OC)c1C. The van der Waals surface area contributed by atoms with E-state index in [-0.39, 0.29) is 5.38 Å². The van der Waals surface area contributed by atoms with Crippen molar-refractivity contribution in [2.24, 2.45) is 0 Å². The first-order valence-corrected chi connectivity index (χ1v) is 6.73. The normalized spacial score (nSPS) is 12.8. The molecule has 0 aliphatic carbocycles. The van der Waals surface area contributed by atoms with Gasteiger partial charge in [0.15, 0.2) is 0 Å². The molecule has 0 aromatic carbocycles. The lowest BCUT2D eigenvalue weighted by molar-refractivity contribution is 0.181. The highest BCUT2D eigenvalue weighted by atomic mass is 35.5. The van der Waals surface area contributed by atoms with Crippen molar-refractivity contribution in [3.63, 3.8) is 0 Å². The highest BCUT2D eigenvalue weighted by molar-refractivity contribution is 6.20. The number of aryl methyl sites for hydroxylation is 1. The topological polar surface area (TPSA) is 34.6 Å². The zero-order chi connectivity index (χ0) is 14.4. The van der Waals surface area contributed by atoms with Gasteiger partial charge >= 0.3 is 0 Å². The number of pyridine rings is 1. The molecule has 0 N–H and O–H groups in total. The van der Waals surface area contributed by atoms with Gasteiger partial charge < -0.3 is 9.47 Å². The molecular weight excluding hydrogens is 264 g/mol. The average molecular weight is 287 g/mol. The third-order valence-electron chi connectivity index (χ3n) is 3.03. The second-order valence-electron chi connectivity index (χ2n) is 4.80. The van der Waals surface area contributed by atoms with E-state index in [9.17, 15) is 0 Å². The Kier molecular flexibility index (Phi) is 6.55. The maximum Gasteiger partial charge on any atom is 0.128 e. The zero-order valence-corrected chi connectivity index (χ0v) is 13.1. The van der Waals surface area contributed by atoms with Crippen LogP contribution >= 0.6 is 11.6 Å². The first-order valence-electron chi connectivity index (χ1n) is 6.30. The van der Waals surface area contributed by atoms with Crippen LogP contribution < -0.4 is 4.74 Å². The van der Waals surface area contributed by atoms with Crippen molar-refractivity contribution in [3.05, 3.63) is 23.0 Å². The van der Waals surface area contributed by atoms with E-state index in [1.165, 1.54) is 0 Å². The molecule has 0 radical (unpaired) electrons. The van der Waals surface area contributed by atoms with Gasteiger partial charge in [-0.2, -0.15) is 0 Å². The molecule has 1 aromatic rings. The van der Waals surface area contributed by atoms with Gasteiger partial charge in [0.25, 0.3) is 0 Å². The van der Waals surface area contributed by atoms with E-state index in [2.05, 4.69) is 9.88 Å². The Morgan fingerprint density at radius 2 is 2.05 bits per heavy atom. The van der Waals surface area contributed by atoms with E-state index in [1.807, 2.05) is 27.1 Å². The monoisotopic (exact) mass is 286 g/mol. The predicted molar refractivity (Wildman–Crippen MR) is 78.1 cm³/mol. The van der Waals surface area contributed by atoms with Gasteiger partial charge in [0.1, 0.15) is 5.75 Å². The summed E-state index contributed by atoms with van der Waals surface area (Å²) in [4.78, 5) is 6.62. The maximum atomic E-state index is 6.15. The molecule has 5 heteroatoms. The summed E-state index contributed by atoms with van der Waals surface area (Å²) in [6.07, 6.45) is 1.85. The van der Waals surface area contributed by atoms with Gasteiger partial charge in [0.05, 0.1) is 24.8 Å². The molecule has 1 atom stereocenters. The summed E-state index contributed by atoms with van der Waals surface area (Å²) >= 11 is 6.15. The van der Waals surface area contributed by atoms with Gasteiger partial charge in [-0.25, -0.2) is 0 Å². The molecule has 19 heavy (non-hydrogen) atoms. The second-order valence-corrected chi connectivity index (χ2v) is 5.41. The van der Waals surface area contributed by atoms with Crippen LogP contribution in [0.4, 0.5) is 0 Å². The van der Waals surface area contributed by atoms with Crippen LogP contribution in [0, 0.1) is 13.8 Å². The molecule has 0 spiro atoms. The molecule has 1 heterocycles. The molecule has 0 saturated carbocycles. The van der Waals surface area contributed by atoms with Gasteiger partial charge in [-0.15, -0.1) is 11.6 Å². The second kappa shape index (κ2) is 7.68. The fourth-order valence-electron chi connectivity index (χ4n) is 2.12. The minimum absolute atomic E-state index is 0.0114. The smallest absolute Gasteiger partial charge is 0.128 e. The molecule has 1 unspecified atom stereocenters. The highest BCUT2D eigenvalue weighted by Crippen LogP contribution is 2.24. The number of nitrogens with zero attached hydrogens (tertiary/aromatic N) is 2. The summed E-state index contributed by atoms with van der Waals surface area (Å²) in [6.45, 7) is 6.09. The first-order chi connectivity index (χ1) is 8.99. The maximum absolute atomic E-state index is 6.15. The fourth-order valence-corrected chi connectivity index (χ4v) is 2.48. The zero-order valence-electron chi connectivity index (χ0n) is 12.4. The van der Waals surface area contributed by atoms with E-state index < -0.39 is 0 Å². The lowest BCUT2D eigenvalue weighted by Gasteiger charge is -2.21. The molecule has 108 valence electrons. The molecule has 1 rings (SSSR count). The van der Waals surface area contributed by atoms with Crippen molar-refractivity contribution in [2.45, 2.75) is 25.8 Å². The van der Waals surface area contributed by atoms with E-state index in [4.69, 9.17) is 21.1 Å². The van der Waals surface area contributed by atoms with Crippen LogP contribution in [0.5, 0.6) is 5.75 Å². The summed E-state index contributed by atoms with van der Waals surface area (Å²) in [5.41, 5.74) is 3.17. The quantitative estimate of drug-likeness (QED) is 0.721. The minimum Gasteiger partial charge on any atom is -0.496 e. The number of hydrogen-bond acceptors (Lipinski definition) is 4. The number of aromatic nitrogens is 1. The van der Waals surface area contributed by atoms with Crippen molar-refractivity contribution in [2.75, 3.05) is 34.4 Å². The van der Waals surface area contributed by atoms with Crippen molar-refractivity contribution >= 4 is 11.6 Å². The number of halogens is 1. The van der Waals surface area contributed by atoms with Crippen LogP contribution in [0.3, 0.4) is 0 Å². The van der Waals surface area contributed by atoms with Crippen LogP contribution in [-0.4, -0.2) is 49.7 Å². The third kappa shape index (κ3) is 4.64. The lowest BCUT2D eigenvalue weighted by atomic mass is 10.1. The van der Waals surface area contributed by atoms with E-state index in [1.54, 1.807) is 14.2 Å². The van der Waals surface area contributed by atoms with Gasteiger partial charge in [-0.1, -0.05) is 0 Å². The Hall–Kier alpha value is -0.840. The summed E-state index contributed by atoms with van der Waals surface area (Å²) in [6, 6.07) is 0. The molecule has 0 aliphatic heterocycles. The van der Waals surface area contributed by atoms with Crippen molar-refractivity contribution in [1.29, 1.82) is 0 Å². The van der Waals surface area contributed by atoms with Gasteiger partial charge in [-0.05, 0) is 20.9 Å². The number of ether oxygens (including phenoxy) is 2. The van der Waals surface area contributed by atoms with Crippen LogP contribution in [0.15, 0.2) is 6.20 Å². The Bertz CT molecular complexity index is 413. The summed E-state index contributed by atoms with van der Waals surface area (Å²) < 4.78 is 10.4. The number of rotatable bonds is 7. The van der Waals surface area contributed by atoms with E-state index >= 15 is 0 Å². The molecule has 0 fully saturated rings. The van der Waals surface area contributed by atoms with Crippen LogP contribution in [-0.2, 0) is 11.3 Å². The number of hydrogen-bond donors (Lipinski definition) is 0. The van der Waals surface area contributed by atoms with Gasteiger partial charge in [0, 0.05) is 37.5 Å². The van der Waals surface area contributed by atoms with Crippen LogP contribution in [0.1, 0.15) is 16.8 Å². The standard InChI is InChI=1S/C14H23ClN2O2/c1-10-6-16-13(11(2)14(10)19-5)8-17(3)7-12(15)9-18-4/h6,12H,7-9H2,1-5H3. The third-order valence-corrected chi connectivity index (χ3v) is 3.29. The molecule has 0 aliphatic rings. The Balaban J connectivity index is 2.72. The predicted octanol–water partition coefficient (Wildman–Crippen LogP) is 2.39. The van der Waals surface area contributed by atoms with Gasteiger partial charge in [-0.3, -0.25) is 9.88 Å². The molecular formula is C14H23ClN2O2. The Morgan fingerprint density at radius 1 is 1.37 bits per heavy atom. The summed E-state index contributed by atoms with van der Waals surface area (Å²) in [5, 5.41) is -0.0114. The van der Waals surface area contributed by atoms with E-state index in [0.717, 1.165) is 35.7 Å².